The average molecular weight is 536 g/mol. The highest BCUT2D eigenvalue weighted by atomic mass is 19.4. The number of rotatable bonds is 8. The van der Waals surface area contributed by atoms with Gasteiger partial charge in [0.2, 0.25) is 0 Å². The molecule has 37 heavy (non-hydrogen) atoms. The van der Waals surface area contributed by atoms with Crippen LogP contribution in [0.1, 0.15) is 39.4 Å². The quantitative estimate of drug-likeness (QED) is 0.232. The van der Waals surface area contributed by atoms with Gasteiger partial charge in [0.15, 0.2) is 0 Å². The first-order valence-electron chi connectivity index (χ1n) is 10.1. The number of hydrogen-bond acceptors (Lipinski definition) is 7. The number of methoxy groups -OCH3 is 2. The van der Waals surface area contributed by atoms with Gasteiger partial charge in [0.25, 0.3) is 11.6 Å². The van der Waals surface area contributed by atoms with E-state index < -0.39 is 70.2 Å². The van der Waals surface area contributed by atoms with E-state index in [2.05, 4.69) is 9.47 Å². The molecule has 9 nitrogen and oxygen atoms in total. The number of carbonyl (C=O) groups excluding carboxylic acids is 3. The molecule has 0 aliphatic heterocycles. The van der Waals surface area contributed by atoms with Crippen LogP contribution in [-0.4, -0.2) is 43.0 Å². The van der Waals surface area contributed by atoms with E-state index >= 15 is 0 Å². The predicted octanol–water partition coefficient (Wildman–Crippen LogP) is 4.25. The molecule has 0 saturated carbocycles. The molecule has 2 aromatic rings. The minimum absolute atomic E-state index is 0.0757. The van der Waals surface area contributed by atoms with Crippen molar-refractivity contribution in [3.63, 3.8) is 0 Å². The lowest BCUT2D eigenvalue weighted by molar-refractivity contribution is -0.384. The van der Waals surface area contributed by atoms with Gasteiger partial charge in [-0.25, -0.2) is 4.79 Å². The first-order chi connectivity index (χ1) is 17.1. The van der Waals surface area contributed by atoms with Crippen molar-refractivity contribution in [1.82, 2.24) is 5.32 Å². The molecule has 0 aliphatic carbocycles. The Morgan fingerprint density at radius 2 is 1.43 bits per heavy atom. The Hall–Kier alpha value is -4.17. The first kappa shape index (κ1) is 29.1. The summed E-state index contributed by atoms with van der Waals surface area (Å²) in [5, 5.41) is 13.0. The number of carbonyl (C=O) groups is 3. The van der Waals surface area contributed by atoms with Crippen molar-refractivity contribution in [2.24, 2.45) is 0 Å². The topological polar surface area (TPSA) is 125 Å². The molecular formula is C22H18F6N2O7. The van der Waals surface area contributed by atoms with Gasteiger partial charge in [-0.2, -0.15) is 26.3 Å². The first-order valence-corrected chi connectivity index (χ1v) is 10.1. The minimum Gasteiger partial charge on any atom is -0.469 e. The molecule has 15 heteroatoms. The summed E-state index contributed by atoms with van der Waals surface area (Å²) < 4.78 is 88.3. The molecule has 0 fully saturated rings. The molecule has 0 aromatic heterocycles. The number of halogens is 6. The standard InChI is InChI=1S/C22H18F6N2O7/c1-36-17(31)10-16(11-3-5-15(6-4-11)30(34)35)18(20(33)37-2)29-19(32)12-7-13(21(23,24)25)9-14(8-12)22(26,27)28/h3-9,16,18H,10H2,1-2H3,(H,29,32)/t16-,18-/m1/s1. The van der Waals surface area contributed by atoms with Crippen molar-refractivity contribution in [1.29, 1.82) is 0 Å². The van der Waals surface area contributed by atoms with Crippen molar-refractivity contribution < 1.29 is 55.1 Å². The Labute approximate surface area is 204 Å². The zero-order valence-corrected chi connectivity index (χ0v) is 19.0. The van der Waals surface area contributed by atoms with Crippen molar-refractivity contribution in [2.45, 2.75) is 30.7 Å². The third kappa shape index (κ3) is 7.41. The van der Waals surface area contributed by atoms with Crippen LogP contribution in [0.15, 0.2) is 42.5 Å². The Balaban J connectivity index is 2.57. The number of benzene rings is 2. The third-order valence-electron chi connectivity index (χ3n) is 5.14. The van der Waals surface area contributed by atoms with Crippen LogP contribution in [0.4, 0.5) is 32.0 Å². The van der Waals surface area contributed by atoms with E-state index in [0.29, 0.717) is 0 Å². The van der Waals surface area contributed by atoms with Crippen molar-refractivity contribution in [3.8, 4) is 0 Å². The lowest BCUT2D eigenvalue weighted by Gasteiger charge is -2.26. The molecule has 2 atom stereocenters. The van der Waals surface area contributed by atoms with Crippen LogP contribution in [0.3, 0.4) is 0 Å². The van der Waals surface area contributed by atoms with Gasteiger partial charge in [-0.1, -0.05) is 12.1 Å². The fraction of sp³-hybridized carbons (Fsp3) is 0.318. The van der Waals surface area contributed by atoms with Gasteiger partial charge in [0, 0.05) is 23.6 Å². The number of non-ortho nitro benzene ring substituents is 1. The number of nitrogens with zero attached hydrogens (tertiary/aromatic N) is 1. The second kappa shape index (κ2) is 11.3. The lowest BCUT2D eigenvalue weighted by atomic mass is 9.88. The molecule has 1 amide bonds. The largest absolute Gasteiger partial charge is 0.469 e. The molecule has 1 N–H and O–H groups in total. The normalized spacial score (nSPS) is 13.3. The molecule has 0 bridgehead atoms. The monoisotopic (exact) mass is 536 g/mol. The van der Waals surface area contributed by atoms with Gasteiger partial charge >= 0.3 is 24.3 Å². The van der Waals surface area contributed by atoms with E-state index in [0.717, 1.165) is 38.5 Å². The lowest BCUT2D eigenvalue weighted by Crippen LogP contribution is -2.46. The highest BCUT2D eigenvalue weighted by Crippen LogP contribution is 2.36. The van der Waals surface area contributed by atoms with Crippen molar-refractivity contribution in [3.05, 3.63) is 74.8 Å². The summed E-state index contributed by atoms with van der Waals surface area (Å²) in [6.07, 6.45) is -11.1. The maximum absolute atomic E-state index is 13.2. The van der Waals surface area contributed by atoms with E-state index in [4.69, 9.17) is 0 Å². The van der Waals surface area contributed by atoms with E-state index in [1.165, 1.54) is 0 Å². The second-order valence-corrected chi connectivity index (χ2v) is 7.50. The van der Waals surface area contributed by atoms with E-state index in [-0.39, 0.29) is 29.4 Å². The number of hydrogen-bond donors (Lipinski definition) is 1. The van der Waals surface area contributed by atoms with Crippen LogP contribution in [0.5, 0.6) is 0 Å². The molecular weight excluding hydrogens is 518 g/mol. The Morgan fingerprint density at radius 1 is 0.919 bits per heavy atom. The summed E-state index contributed by atoms with van der Waals surface area (Å²) in [6, 6.07) is 2.70. The van der Waals surface area contributed by atoms with Gasteiger partial charge in [-0.05, 0) is 23.8 Å². The number of amides is 1. The van der Waals surface area contributed by atoms with Crippen LogP contribution in [0, 0.1) is 10.1 Å². The fourth-order valence-electron chi connectivity index (χ4n) is 3.30. The number of nitro benzene ring substituents is 1. The van der Waals surface area contributed by atoms with Crippen LogP contribution >= 0.6 is 0 Å². The molecule has 0 saturated heterocycles. The van der Waals surface area contributed by atoms with Gasteiger partial charge < -0.3 is 14.8 Å². The predicted molar refractivity (Wildman–Crippen MR) is 112 cm³/mol. The maximum atomic E-state index is 13.2. The highest BCUT2D eigenvalue weighted by Gasteiger charge is 2.39. The molecule has 200 valence electrons. The Morgan fingerprint density at radius 3 is 1.84 bits per heavy atom. The number of nitrogens with one attached hydrogen (secondary N) is 1. The van der Waals surface area contributed by atoms with Crippen molar-refractivity contribution in [2.75, 3.05) is 14.2 Å². The van der Waals surface area contributed by atoms with Crippen LogP contribution in [0.25, 0.3) is 0 Å². The molecule has 0 spiro atoms. The molecule has 0 aliphatic rings. The number of alkyl halides is 6. The summed E-state index contributed by atoms with van der Waals surface area (Å²) in [4.78, 5) is 47.6. The smallest absolute Gasteiger partial charge is 0.416 e. The highest BCUT2D eigenvalue weighted by molar-refractivity contribution is 5.97. The molecule has 2 rings (SSSR count). The fourth-order valence-corrected chi connectivity index (χ4v) is 3.30. The summed E-state index contributed by atoms with van der Waals surface area (Å²) in [5.74, 6) is -4.96. The van der Waals surface area contributed by atoms with Gasteiger partial charge in [-0.3, -0.25) is 19.7 Å². The minimum atomic E-state index is -5.23. The van der Waals surface area contributed by atoms with E-state index in [1.54, 1.807) is 0 Å². The summed E-state index contributed by atoms with van der Waals surface area (Å²) in [7, 11) is 1.89. The van der Waals surface area contributed by atoms with E-state index in [1.807, 2.05) is 5.32 Å². The molecule has 0 unspecified atom stereocenters. The molecule has 0 heterocycles. The van der Waals surface area contributed by atoms with Gasteiger partial charge in [0.05, 0.1) is 36.7 Å². The van der Waals surface area contributed by atoms with Crippen LogP contribution < -0.4 is 5.32 Å². The molecule has 2 aromatic carbocycles. The van der Waals surface area contributed by atoms with Gasteiger partial charge in [-0.15, -0.1) is 0 Å². The molecule has 0 radical (unpaired) electrons. The van der Waals surface area contributed by atoms with E-state index in [9.17, 15) is 50.8 Å². The number of nitro groups is 1. The zero-order valence-electron chi connectivity index (χ0n) is 19.0. The Bertz CT molecular complexity index is 1150. The number of esters is 2. The maximum Gasteiger partial charge on any atom is 0.416 e. The van der Waals surface area contributed by atoms with Crippen molar-refractivity contribution >= 4 is 23.5 Å². The van der Waals surface area contributed by atoms with Crippen LogP contribution in [-0.2, 0) is 31.4 Å². The third-order valence-corrected chi connectivity index (χ3v) is 5.14. The zero-order chi connectivity index (χ0) is 28.1. The number of ether oxygens (including phenoxy) is 2. The second-order valence-electron chi connectivity index (χ2n) is 7.50. The average Bonchev–Trinajstić information content (AvgIpc) is 2.83. The summed E-state index contributed by atoms with van der Waals surface area (Å²) in [5.41, 5.74) is -4.88. The summed E-state index contributed by atoms with van der Waals surface area (Å²) >= 11 is 0. The summed E-state index contributed by atoms with van der Waals surface area (Å²) in [6.45, 7) is 0. The van der Waals surface area contributed by atoms with Gasteiger partial charge in [0.1, 0.15) is 6.04 Å². The van der Waals surface area contributed by atoms with Crippen LogP contribution in [0.2, 0.25) is 0 Å². The SMILES string of the molecule is COC(=O)C[C@H](c1ccc([N+](=O)[O-])cc1)[C@@H](NC(=O)c1cc(C(F)(F)F)cc(C(F)(F)F)c1)C(=O)OC. The Kier molecular flexibility index (Phi) is 8.85.